The molecule has 0 unspecified atom stereocenters. The fraction of sp³-hybridized carbons (Fsp3) is 0.294. The molecule has 0 spiro atoms. The number of carboxylic acid groups (broad SMARTS) is 1. The van der Waals surface area contributed by atoms with Crippen LogP contribution in [-0.2, 0) is 9.59 Å². The Hall–Kier alpha value is -2.16. The fourth-order valence-electron chi connectivity index (χ4n) is 2.30. The summed E-state index contributed by atoms with van der Waals surface area (Å²) in [6.07, 6.45) is 7.74. The van der Waals surface area contributed by atoms with Gasteiger partial charge in [0, 0.05) is 12.3 Å². The van der Waals surface area contributed by atoms with Crippen molar-refractivity contribution < 1.29 is 14.7 Å². The van der Waals surface area contributed by atoms with Crippen LogP contribution >= 0.6 is 0 Å². The molecular formula is C17H18O3. The minimum absolute atomic E-state index is 0.0566. The van der Waals surface area contributed by atoms with Gasteiger partial charge in [0.15, 0.2) is 0 Å². The zero-order chi connectivity index (χ0) is 14.6. The predicted molar refractivity (Wildman–Crippen MR) is 77.4 cm³/mol. The van der Waals surface area contributed by atoms with E-state index >= 15 is 0 Å². The van der Waals surface area contributed by atoms with Gasteiger partial charge in [0.05, 0.1) is 11.8 Å². The Bertz CT molecular complexity index is 541. The molecule has 3 heteroatoms. The molecule has 0 bridgehead atoms. The first-order valence-electron chi connectivity index (χ1n) is 6.70. The van der Waals surface area contributed by atoms with E-state index in [1.54, 1.807) is 0 Å². The van der Waals surface area contributed by atoms with Crippen LogP contribution in [0.2, 0.25) is 0 Å². The van der Waals surface area contributed by atoms with Gasteiger partial charge in [-0.2, -0.15) is 0 Å². The molecule has 1 aliphatic rings. The van der Waals surface area contributed by atoms with Gasteiger partial charge in [0.2, 0.25) is 0 Å². The second-order valence-electron chi connectivity index (χ2n) is 5.25. The zero-order valence-electron chi connectivity index (χ0n) is 11.5. The first-order chi connectivity index (χ1) is 9.51. The minimum Gasteiger partial charge on any atom is -0.481 e. The Labute approximate surface area is 118 Å². The maximum absolute atomic E-state index is 12.1. The van der Waals surface area contributed by atoms with Crippen LogP contribution in [-0.4, -0.2) is 16.9 Å². The van der Waals surface area contributed by atoms with Crippen LogP contribution in [0.4, 0.5) is 0 Å². The van der Waals surface area contributed by atoms with E-state index in [0.29, 0.717) is 0 Å². The van der Waals surface area contributed by atoms with E-state index in [9.17, 15) is 9.59 Å². The molecule has 0 heterocycles. The first kappa shape index (κ1) is 14.3. The van der Waals surface area contributed by atoms with Crippen LogP contribution in [0.1, 0.15) is 31.2 Å². The molecule has 0 saturated carbocycles. The Morgan fingerprint density at radius 1 is 1.10 bits per heavy atom. The predicted octanol–water partition coefficient (Wildman–Crippen LogP) is 3.34. The van der Waals surface area contributed by atoms with Gasteiger partial charge in [-0.1, -0.05) is 54.6 Å². The van der Waals surface area contributed by atoms with Gasteiger partial charge in [-0.15, -0.1) is 0 Å². The first-order valence-corrected chi connectivity index (χ1v) is 6.70. The number of benzene rings is 1. The van der Waals surface area contributed by atoms with Crippen molar-refractivity contribution in [3.05, 3.63) is 60.2 Å². The van der Waals surface area contributed by atoms with Gasteiger partial charge in [-0.05, 0) is 12.5 Å². The molecule has 1 aromatic carbocycles. The molecule has 0 saturated heterocycles. The maximum atomic E-state index is 12.1. The molecule has 1 aliphatic carbocycles. The van der Waals surface area contributed by atoms with Gasteiger partial charge < -0.3 is 5.11 Å². The molecule has 0 atom stereocenters. The highest BCUT2D eigenvalue weighted by Gasteiger charge is 2.29. The van der Waals surface area contributed by atoms with Crippen molar-refractivity contribution in [1.29, 1.82) is 0 Å². The minimum atomic E-state index is -0.937. The largest absolute Gasteiger partial charge is 0.481 e. The number of carboxylic acids is 1. The SMILES string of the molecule is CC1(C(=O)CCC(=O)O)C=CC(c2ccccc2)C=C1. The molecule has 0 aromatic heterocycles. The van der Waals surface area contributed by atoms with Crippen LogP contribution in [0, 0.1) is 5.41 Å². The Morgan fingerprint density at radius 2 is 1.70 bits per heavy atom. The van der Waals surface area contributed by atoms with Crippen molar-refractivity contribution in [1.82, 2.24) is 0 Å². The second kappa shape index (κ2) is 5.87. The normalized spacial score (nSPS) is 24.6. The van der Waals surface area contributed by atoms with Gasteiger partial charge in [0.1, 0.15) is 5.78 Å². The molecule has 3 nitrogen and oxygen atoms in total. The number of rotatable bonds is 5. The van der Waals surface area contributed by atoms with Gasteiger partial charge >= 0.3 is 5.97 Å². The standard InChI is InChI=1S/C17H18O3/c1-17(15(18)7-8-16(19)20)11-9-14(10-12-17)13-5-3-2-4-6-13/h2-6,9-12,14H,7-8H2,1H3,(H,19,20). The van der Waals surface area contributed by atoms with Crippen LogP contribution < -0.4 is 0 Å². The molecule has 0 fully saturated rings. The highest BCUT2D eigenvalue weighted by molar-refractivity contribution is 5.90. The van der Waals surface area contributed by atoms with Crippen molar-refractivity contribution in [3.63, 3.8) is 0 Å². The lowest BCUT2D eigenvalue weighted by molar-refractivity contribution is -0.139. The summed E-state index contributed by atoms with van der Waals surface area (Å²) >= 11 is 0. The zero-order valence-corrected chi connectivity index (χ0v) is 11.5. The summed E-state index contributed by atoms with van der Waals surface area (Å²) in [6.45, 7) is 1.82. The third-order valence-corrected chi connectivity index (χ3v) is 3.65. The van der Waals surface area contributed by atoms with E-state index in [2.05, 4.69) is 0 Å². The Kier molecular flexibility index (Phi) is 4.18. The van der Waals surface area contributed by atoms with E-state index in [4.69, 9.17) is 5.11 Å². The second-order valence-corrected chi connectivity index (χ2v) is 5.25. The molecule has 0 aliphatic heterocycles. The summed E-state index contributed by atoms with van der Waals surface area (Å²) in [7, 11) is 0. The lowest BCUT2D eigenvalue weighted by Gasteiger charge is -2.25. The highest BCUT2D eigenvalue weighted by Crippen LogP contribution is 2.33. The molecule has 1 N–H and O–H groups in total. The summed E-state index contributed by atoms with van der Waals surface area (Å²) in [4.78, 5) is 22.6. The Balaban J connectivity index is 2.06. The molecular weight excluding hydrogens is 252 g/mol. The number of carbonyl (C=O) groups excluding carboxylic acids is 1. The summed E-state index contributed by atoms with van der Waals surface area (Å²) in [5.41, 5.74) is 0.501. The monoisotopic (exact) mass is 270 g/mol. The van der Waals surface area contributed by atoms with Crippen molar-refractivity contribution in [2.45, 2.75) is 25.7 Å². The van der Waals surface area contributed by atoms with E-state index in [-0.39, 0.29) is 24.5 Å². The van der Waals surface area contributed by atoms with Crippen LogP contribution in [0.3, 0.4) is 0 Å². The number of aliphatic carboxylic acids is 1. The number of allylic oxidation sites excluding steroid dienone is 4. The number of hydrogen-bond donors (Lipinski definition) is 1. The van der Waals surface area contributed by atoms with E-state index in [1.807, 2.05) is 61.6 Å². The van der Waals surface area contributed by atoms with Gasteiger partial charge in [-0.25, -0.2) is 0 Å². The topological polar surface area (TPSA) is 54.4 Å². The van der Waals surface area contributed by atoms with Crippen LogP contribution in [0.25, 0.3) is 0 Å². The molecule has 0 amide bonds. The van der Waals surface area contributed by atoms with Crippen LogP contribution in [0.5, 0.6) is 0 Å². The molecule has 20 heavy (non-hydrogen) atoms. The van der Waals surface area contributed by atoms with E-state index in [0.717, 1.165) is 0 Å². The number of hydrogen-bond acceptors (Lipinski definition) is 2. The fourth-order valence-corrected chi connectivity index (χ4v) is 2.30. The number of Topliss-reactive ketones (excluding diaryl/α,β-unsaturated/α-hetero) is 1. The summed E-state index contributed by atoms with van der Waals surface area (Å²) in [6, 6.07) is 10.0. The lowest BCUT2D eigenvalue weighted by Crippen LogP contribution is -2.25. The smallest absolute Gasteiger partial charge is 0.303 e. The van der Waals surface area contributed by atoms with Gasteiger partial charge in [0.25, 0.3) is 0 Å². The van der Waals surface area contributed by atoms with Crippen molar-refractivity contribution in [2.75, 3.05) is 0 Å². The van der Waals surface area contributed by atoms with Crippen molar-refractivity contribution >= 4 is 11.8 Å². The molecule has 104 valence electrons. The van der Waals surface area contributed by atoms with Crippen LogP contribution in [0.15, 0.2) is 54.6 Å². The molecule has 2 rings (SSSR count). The van der Waals surface area contributed by atoms with Gasteiger partial charge in [-0.3, -0.25) is 9.59 Å². The van der Waals surface area contributed by atoms with E-state index in [1.165, 1.54) is 5.56 Å². The third-order valence-electron chi connectivity index (χ3n) is 3.65. The average molecular weight is 270 g/mol. The third kappa shape index (κ3) is 3.23. The average Bonchev–Trinajstić information content (AvgIpc) is 2.46. The van der Waals surface area contributed by atoms with Crippen molar-refractivity contribution in [2.24, 2.45) is 5.41 Å². The lowest BCUT2D eigenvalue weighted by atomic mass is 9.77. The maximum Gasteiger partial charge on any atom is 0.303 e. The quantitative estimate of drug-likeness (QED) is 0.835. The molecule has 1 aromatic rings. The summed E-state index contributed by atoms with van der Waals surface area (Å²) in [5.74, 6) is -0.816. The molecule has 0 radical (unpaired) electrons. The van der Waals surface area contributed by atoms with E-state index < -0.39 is 11.4 Å². The summed E-state index contributed by atoms with van der Waals surface area (Å²) in [5, 5.41) is 8.65. The number of carbonyl (C=O) groups is 2. The summed E-state index contributed by atoms with van der Waals surface area (Å²) < 4.78 is 0. The highest BCUT2D eigenvalue weighted by atomic mass is 16.4. The number of ketones is 1. The van der Waals surface area contributed by atoms with Crippen molar-refractivity contribution in [3.8, 4) is 0 Å². The Morgan fingerprint density at radius 3 is 2.25 bits per heavy atom.